The molecule has 19 heavy (non-hydrogen) atoms. The maximum absolute atomic E-state index is 10.4. The van der Waals surface area contributed by atoms with Gasteiger partial charge < -0.3 is 14.7 Å². The number of ether oxygens (including phenoxy) is 1. The quantitative estimate of drug-likeness (QED) is 0.780. The van der Waals surface area contributed by atoms with Crippen LogP contribution in [0.3, 0.4) is 0 Å². The predicted molar refractivity (Wildman–Crippen MR) is 74.3 cm³/mol. The van der Waals surface area contributed by atoms with Crippen LogP contribution >= 0.6 is 0 Å². The van der Waals surface area contributed by atoms with E-state index in [1.807, 2.05) is 0 Å². The van der Waals surface area contributed by atoms with Crippen molar-refractivity contribution in [2.45, 2.75) is 69.9 Å². The van der Waals surface area contributed by atoms with Gasteiger partial charge in [0.25, 0.3) is 0 Å². The van der Waals surface area contributed by atoms with Crippen molar-refractivity contribution in [2.75, 3.05) is 19.7 Å². The average Bonchev–Trinajstić information content (AvgIpc) is 2.68. The molecule has 1 aliphatic heterocycles. The van der Waals surface area contributed by atoms with E-state index < -0.39 is 5.97 Å². The van der Waals surface area contributed by atoms with Gasteiger partial charge in [0.1, 0.15) is 0 Å². The van der Waals surface area contributed by atoms with Crippen LogP contribution in [0.4, 0.5) is 0 Å². The van der Waals surface area contributed by atoms with Crippen molar-refractivity contribution < 1.29 is 14.6 Å². The van der Waals surface area contributed by atoms with Gasteiger partial charge >= 0.3 is 5.97 Å². The molecule has 0 aromatic carbocycles. The van der Waals surface area contributed by atoms with Gasteiger partial charge in [-0.1, -0.05) is 25.7 Å². The molecular formula is C15H27NO3. The summed E-state index contributed by atoms with van der Waals surface area (Å²) < 4.78 is 5.65. The SMILES string of the molecule is O=C(O)CCOC1CCN(C2CCCCCC2)CC1. The van der Waals surface area contributed by atoms with E-state index in [2.05, 4.69) is 4.90 Å². The zero-order valence-corrected chi connectivity index (χ0v) is 11.9. The second kappa shape index (κ2) is 7.85. The summed E-state index contributed by atoms with van der Waals surface area (Å²) in [4.78, 5) is 13.1. The van der Waals surface area contributed by atoms with Gasteiger partial charge in [-0.3, -0.25) is 4.79 Å². The van der Waals surface area contributed by atoms with Crippen LogP contribution in [0.1, 0.15) is 57.8 Å². The molecule has 0 radical (unpaired) electrons. The van der Waals surface area contributed by atoms with Crippen molar-refractivity contribution in [1.29, 1.82) is 0 Å². The average molecular weight is 269 g/mol. The van der Waals surface area contributed by atoms with Crippen LogP contribution in [0, 0.1) is 0 Å². The third-order valence-electron chi connectivity index (χ3n) is 4.49. The van der Waals surface area contributed by atoms with E-state index >= 15 is 0 Å². The first-order valence-electron chi connectivity index (χ1n) is 7.83. The van der Waals surface area contributed by atoms with Crippen LogP contribution in [-0.2, 0) is 9.53 Å². The minimum atomic E-state index is -0.768. The number of carboxylic acid groups (broad SMARTS) is 1. The first kappa shape index (κ1) is 14.8. The summed E-state index contributed by atoms with van der Waals surface area (Å²) in [5.74, 6) is -0.768. The number of carboxylic acids is 1. The topological polar surface area (TPSA) is 49.8 Å². The second-order valence-electron chi connectivity index (χ2n) is 5.90. The van der Waals surface area contributed by atoms with E-state index in [1.165, 1.54) is 38.5 Å². The fourth-order valence-electron chi connectivity index (χ4n) is 3.34. The zero-order valence-electron chi connectivity index (χ0n) is 11.9. The fourth-order valence-corrected chi connectivity index (χ4v) is 3.34. The summed E-state index contributed by atoms with van der Waals surface area (Å²) in [6, 6.07) is 0.794. The van der Waals surface area contributed by atoms with Gasteiger partial charge in [-0.25, -0.2) is 0 Å². The van der Waals surface area contributed by atoms with E-state index in [0.717, 1.165) is 32.0 Å². The molecular weight excluding hydrogens is 242 g/mol. The Morgan fingerprint density at radius 2 is 1.68 bits per heavy atom. The van der Waals surface area contributed by atoms with Crippen molar-refractivity contribution in [3.8, 4) is 0 Å². The van der Waals surface area contributed by atoms with Crippen LogP contribution in [0.2, 0.25) is 0 Å². The molecule has 1 saturated heterocycles. The van der Waals surface area contributed by atoms with Gasteiger partial charge in [-0.05, 0) is 25.7 Å². The number of carbonyl (C=O) groups is 1. The van der Waals surface area contributed by atoms with Gasteiger partial charge in [-0.2, -0.15) is 0 Å². The maximum Gasteiger partial charge on any atom is 0.305 e. The summed E-state index contributed by atoms with van der Waals surface area (Å²) in [6.45, 7) is 2.62. The fraction of sp³-hybridized carbons (Fsp3) is 0.933. The number of hydrogen-bond donors (Lipinski definition) is 1. The number of nitrogens with zero attached hydrogens (tertiary/aromatic N) is 1. The molecule has 4 heteroatoms. The van der Waals surface area contributed by atoms with Crippen molar-refractivity contribution >= 4 is 5.97 Å². The molecule has 0 unspecified atom stereocenters. The molecule has 1 N–H and O–H groups in total. The molecule has 0 aromatic rings. The highest BCUT2D eigenvalue weighted by atomic mass is 16.5. The second-order valence-corrected chi connectivity index (χ2v) is 5.90. The molecule has 2 fully saturated rings. The van der Waals surface area contributed by atoms with Crippen molar-refractivity contribution in [1.82, 2.24) is 4.90 Å². The predicted octanol–water partition coefficient (Wildman–Crippen LogP) is 2.66. The summed E-state index contributed by atoms with van der Waals surface area (Å²) >= 11 is 0. The number of hydrogen-bond acceptors (Lipinski definition) is 3. The van der Waals surface area contributed by atoms with E-state index in [-0.39, 0.29) is 12.5 Å². The molecule has 0 spiro atoms. The summed E-state index contributed by atoms with van der Waals surface area (Å²) in [5.41, 5.74) is 0. The van der Waals surface area contributed by atoms with Crippen LogP contribution in [0.5, 0.6) is 0 Å². The van der Waals surface area contributed by atoms with Crippen molar-refractivity contribution in [3.05, 3.63) is 0 Å². The molecule has 0 bridgehead atoms. The van der Waals surface area contributed by atoms with E-state index in [4.69, 9.17) is 9.84 Å². The summed E-state index contributed by atoms with van der Waals surface area (Å²) in [5, 5.41) is 8.59. The van der Waals surface area contributed by atoms with Crippen molar-refractivity contribution in [2.24, 2.45) is 0 Å². The lowest BCUT2D eigenvalue weighted by atomic mass is 10.0. The smallest absolute Gasteiger partial charge is 0.305 e. The molecule has 2 rings (SSSR count). The molecule has 4 nitrogen and oxygen atoms in total. The number of piperidine rings is 1. The summed E-state index contributed by atoms with van der Waals surface area (Å²) in [6.07, 6.45) is 10.9. The minimum absolute atomic E-state index is 0.128. The van der Waals surface area contributed by atoms with Gasteiger partial charge in [0.15, 0.2) is 0 Å². The Kier molecular flexibility index (Phi) is 6.11. The molecule has 2 aliphatic rings. The van der Waals surface area contributed by atoms with E-state index in [1.54, 1.807) is 0 Å². The molecule has 0 atom stereocenters. The molecule has 1 heterocycles. The highest BCUT2D eigenvalue weighted by Gasteiger charge is 2.25. The normalized spacial score (nSPS) is 24.2. The Labute approximate surface area is 116 Å². The van der Waals surface area contributed by atoms with Crippen LogP contribution in [0.25, 0.3) is 0 Å². The lowest BCUT2D eigenvalue weighted by Crippen LogP contribution is -2.43. The van der Waals surface area contributed by atoms with E-state index in [0.29, 0.717) is 6.61 Å². The minimum Gasteiger partial charge on any atom is -0.481 e. The van der Waals surface area contributed by atoms with Crippen LogP contribution < -0.4 is 0 Å². The first-order valence-corrected chi connectivity index (χ1v) is 7.83. The third-order valence-corrected chi connectivity index (χ3v) is 4.49. The van der Waals surface area contributed by atoms with Gasteiger partial charge in [-0.15, -0.1) is 0 Å². The Bertz CT molecular complexity index is 267. The molecule has 0 amide bonds. The number of likely N-dealkylation sites (tertiary alicyclic amines) is 1. The zero-order chi connectivity index (χ0) is 13.5. The Balaban J connectivity index is 1.65. The maximum atomic E-state index is 10.4. The lowest BCUT2D eigenvalue weighted by Gasteiger charge is -2.37. The van der Waals surface area contributed by atoms with Gasteiger partial charge in [0, 0.05) is 19.1 Å². The third kappa shape index (κ3) is 5.11. The molecule has 110 valence electrons. The van der Waals surface area contributed by atoms with E-state index in [9.17, 15) is 4.79 Å². The van der Waals surface area contributed by atoms with Crippen molar-refractivity contribution in [3.63, 3.8) is 0 Å². The number of rotatable bonds is 5. The lowest BCUT2D eigenvalue weighted by molar-refractivity contribution is -0.138. The molecule has 1 aliphatic carbocycles. The van der Waals surface area contributed by atoms with Crippen LogP contribution in [0.15, 0.2) is 0 Å². The largest absolute Gasteiger partial charge is 0.481 e. The molecule has 1 saturated carbocycles. The highest BCUT2D eigenvalue weighted by molar-refractivity contribution is 5.66. The first-order chi connectivity index (χ1) is 9.25. The Morgan fingerprint density at radius 1 is 1.05 bits per heavy atom. The highest BCUT2D eigenvalue weighted by Crippen LogP contribution is 2.25. The standard InChI is InChI=1S/C15H27NO3/c17-15(18)9-12-19-14-7-10-16(11-8-14)13-5-3-1-2-4-6-13/h13-14H,1-12H2,(H,17,18). The van der Waals surface area contributed by atoms with Gasteiger partial charge in [0.05, 0.1) is 19.1 Å². The monoisotopic (exact) mass is 269 g/mol. The Hall–Kier alpha value is -0.610. The van der Waals surface area contributed by atoms with Crippen LogP contribution in [-0.4, -0.2) is 47.8 Å². The molecule has 0 aromatic heterocycles. The van der Waals surface area contributed by atoms with Gasteiger partial charge in [0.2, 0.25) is 0 Å². The summed E-state index contributed by atoms with van der Waals surface area (Å²) in [7, 11) is 0. The Morgan fingerprint density at radius 3 is 2.26 bits per heavy atom. The number of aliphatic carboxylic acids is 1.